The molecule has 0 aliphatic rings. The van der Waals surface area contributed by atoms with Crippen LogP contribution < -0.4 is 10.6 Å². The molecular formula is C16H32IN5O2. The van der Waals surface area contributed by atoms with Crippen molar-refractivity contribution >= 4 is 29.9 Å². The van der Waals surface area contributed by atoms with Crippen LogP contribution in [0.5, 0.6) is 0 Å². The molecule has 0 amide bonds. The van der Waals surface area contributed by atoms with Crippen molar-refractivity contribution in [3.05, 3.63) is 18.0 Å². The number of rotatable bonds is 12. The molecule has 0 unspecified atom stereocenters. The minimum absolute atomic E-state index is 0. The molecule has 0 spiro atoms. The maximum Gasteiger partial charge on any atom is 0.191 e. The lowest BCUT2D eigenvalue weighted by molar-refractivity contribution is 0.0698. The van der Waals surface area contributed by atoms with Gasteiger partial charge < -0.3 is 20.1 Å². The zero-order chi connectivity index (χ0) is 16.8. The summed E-state index contributed by atoms with van der Waals surface area (Å²) < 4.78 is 12.2. The molecule has 24 heavy (non-hydrogen) atoms. The summed E-state index contributed by atoms with van der Waals surface area (Å²) in [7, 11) is 3.62. The minimum Gasteiger partial charge on any atom is -0.382 e. The predicted molar refractivity (Wildman–Crippen MR) is 108 cm³/mol. The van der Waals surface area contributed by atoms with Crippen molar-refractivity contribution in [1.82, 2.24) is 20.4 Å². The molecule has 0 bridgehead atoms. The third-order valence-electron chi connectivity index (χ3n) is 3.19. The zero-order valence-electron chi connectivity index (χ0n) is 15.1. The summed E-state index contributed by atoms with van der Waals surface area (Å²) in [6, 6.07) is 0. The first-order valence-electron chi connectivity index (χ1n) is 8.32. The molecule has 0 radical (unpaired) electrons. The Labute approximate surface area is 162 Å². The van der Waals surface area contributed by atoms with Crippen molar-refractivity contribution in [3.8, 4) is 0 Å². The summed E-state index contributed by atoms with van der Waals surface area (Å²) in [4.78, 5) is 4.59. The number of ether oxygens (including phenoxy) is 2. The second-order valence-electron chi connectivity index (χ2n) is 5.27. The Kier molecular flexibility index (Phi) is 15.1. The molecule has 0 fully saturated rings. The topological polar surface area (TPSA) is 72.7 Å². The van der Waals surface area contributed by atoms with Crippen molar-refractivity contribution in [2.75, 3.05) is 46.6 Å². The smallest absolute Gasteiger partial charge is 0.191 e. The number of nitrogens with one attached hydrogen (secondary N) is 2. The Balaban J connectivity index is 0.00000529. The van der Waals surface area contributed by atoms with Crippen LogP contribution in [0.4, 0.5) is 0 Å². The van der Waals surface area contributed by atoms with Crippen LogP contribution in [0.1, 0.15) is 25.3 Å². The highest BCUT2D eigenvalue weighted by Gasteiger charge is 1.98. The summed E-state index contributed by atoms with van der Waals surface area (Å²) in [6.45, 7) is 6.61. The molecule has 8 heteroatoms. The molecule has 1 aromatic heterocycles. The Morgan fingerprint density at radius 3 is 2.75 bits per heavy atom. The van der Waals surface area contributed by atoms with Crippen molar-refractivity contribution < 1.29 is 9.47 Å². The average Bonchev–Trinajstić information content (AvgIpc) is 2.96. The number of nitrogens with zero attached hydrogens (tertiary/aromatic N) is 3. The fraction of sp³-hybridized carbons (Fsp3) is 0.750. The number of hydrogen-bond donors (Lipinski definition) is 2. The van der Waals surface area contributed by atoms with E-state index in [9.17, 15) is 0 Å². The largest absolute Gasteiger partial charge is 0.382 e. The van der Waals surface area contributed by atoms with Gasteiger partial charge in [-0.2, -0.15) is 5.10 Å². The Morgan fingerprint density at radius 2 is 2.08 bits per heavy atom. The summed E-state index contributed by atoms with van der Waals surface area (Å²) in [5, 5.41) is 10.8. The van der Waals surface area contributed by atoms with Crippen molar-refractivity contribution in [2.24, 2.45) is 12.0 Å². The van der Waals surface area contributed by atoms with Gasteiger partial charge in [-0.15, -0.1) is 24.0 Å². The van der Waals surface area contributed by atoms with E-state index in [4.69, 9.17) is 9.47 Å². The van der Waals surface area contributed by atoms with Crippen molar-refractivity contribution in [1.29, 1.82) is 0 Å². The molecule has 0 aliphatic carbocycles. The van der Waals surface area contributed by atoms with E-state index in [1.165, 1.54) is 5.56 Å². The molecule has 7 nitrogen and oxygen atoms in total. The van der Waals surface area contributed by atoms with Gasteiger partial charge in [-0.1, -0.05) is 0 Å². The maximum atomic E-state index is 5.43. The molecule has 0 aliphatic heterocycles. The number of aliphatic imine (C=N–C) groups is 1. The lowest BCUT2D eigenvalue weighted by Gasteiger charge is -2.11. The van der Waals surface area contributed by atoms with Crippen molar-refractivity contribution in [3.63, 3.8) is 0 Å². The van der Waals surface area contributed by atoms with Crippen LogP contribution in [0, 0.1) is 0 Å². The van der Waals surface area contributed by atoms with Crippen LogP contribution in [-0.4, -0.2) is 62.3 Å². The normalized spacial score (nSPS) is 11.2. The van der Waals surface area contributed by atoms with E-state index in [-0.39, 0.29) is 24.0 Å². The molecule has 1 aromatic rings. The minimum atomic E-state index is 0. The van der Waals surface area contributed by atoms with Crippen LogP contribution in [0.3, 0.4) is 0 Å². The van der Waals surface area contributed by atoms with Gasteiger partial charge in [0.2, 0.25) is 0 Å². The highest BCUT2D eigenvalue weighted by atomic mass is 127. The third kappa shape index (κ3) is 11.6. The van der Waals surface area contributed by atoms with Crippen LogP contribution in [0.15, 0.2) is 17.4 Å². The number of aromatic nitrogens is 2. The highest BCUT2D eigenvalue weighted by molar-refractivity contribution is 14.0. The predicted octanol–water partition coefficient (Wildman–Crippen LogP) is 1.58. The second kappa shape index (κ2) is 15.6. The monoisotopic (exact) mass is 453 g/mol. The molecule has 0 aromatic carbocycles. The lowest BCUT2D eigenvalue weighted by atomic mass is 10.2. The van der Waals surface area contributed by atoms with Gasteiger partial charge in [0.15, 0.2) is 5.96 Å². The number of guanidine groups is 1. The molecule has 2 N–H and O–H groups in total. The van der Waals surface area contributed by atoms with Gasteiger partial charge in [-0.25, -0.2) is 0 Å². The summed E-state index contributed by atoms with van der Waals surface area (Å²) >= 11 is 0. The molecule has 140 valence electrons. The van der Waals surface area contributed by atoms with E-state index < -0.39 is 0 Å². The fourth-order valence-corrected chi connectivity index (χ4v) is 2.04. The van der Waals surface area contributed by atoms with Crippen LogP contribution in [0.25, 0.3) is 0 Å². The standard InChI is InChI=1S/C16H31N5O2.HI/c1-4-17-16(19-9-6-10-23-12-11-22-3)18-8-5-7-15-13-20-21(2)14-15;/h13-14H,4-12H2,1-3H3,(H2,17,18,19);1H. The molecule has 0 saturated heterocycles. The quantitative estimate of drug-likeness (QED) is 0.218. The number of halogens is 1. The van der Waals surface area contributed by atoms with E-state index in [1.807, 2.05) is 17.9 Å². The molecule has 0 atom stereocenters. The zero-order valence-corrected chi connectivity index (χ0v) is 17.4. The van der Waals surface area contributed by atoms with E-state index in [2.05, 4.69) is 33.8 Å². The first kappa shape index (κ1) is 23.1. The molecule has 1 rings (SSSR count). The summed E-state index contributed by atoms with van der Waals surface area (Å²) in [5.41, 5.74) is 1.26. The Morgan fingerprint density at radius 1 is 1.25 bits per heavy atom. The van der Waals surface area contributed by atoms with Crippen LogP contribution >= 0.6 is 24.0 Å². The molecule has 0 saturated carbocycles. The van der Waals surface area contributed by atoms with E-state index in [1.54, 1.807) is 7.11 Å². The van der Waals surface area contributed by atoms with E-state index >= 15 is 0 Å². The molecular weight excluding hydrogens is 421 g/mol. The van der Waals surface area contributed by atoms with Gasteiger partial charge in [-0.3, -0.25) is 9.67 Å². The van der Waals surface area contributed by atoms with Crippen LogP contribution in [0.2, 0.25) is 0 Å². The van der Waals surface area contributed by atoms with Gasteiger partial charge in [0.1, 0.15) is 0 Å². The van der Waals surface area contributed by atoms with E-state index in [0.717, 1.165) is 51.5 Å². The first-order chi connectivity index (χ1) is 11.3. The third-order valence-corrected chi connectivity index (χ3v) is 3.19. The van der Waals surface area contributed by atoms with Crippen molar-refractivity contribution in [2.45, 2.75) is 26.2 Å². The number of aryl methyl sites for hydroxylation is 2. The van der Waals surface area contributed by atoms with Gasteiger partial charge >= 0.3 is 0 Å². The Bertz CT molecular complexity index is 440. The van der Waals surface area contributed by atoms with Gasteiger partial charge in [0.05, 0.1) is 19.4 Å². The number of hydrogen-bond acceptors (Lipinski definition) is 4. The summed E-state index contributed by atoms with van der Waals surface area (Å²) in [6.07, 6.45) is 6.93. The molecule has 1 heterocycles. The maximum absolute atomic E-state index is 5.43. The number of methoxy groups -OCH3 is 1. The van der Waals surface area contributed by atoms with Gasteiger partial charge in [0, 0.05) is 46.6 Å². The van der Waals surface area contributed by atoms with E-state index in [0.29, 0.717) is 13.2 Å². The lowest BCUT2D eigenvalue weighted by Crippen LogP contribution is -2.38. The summed E-state index contributed by atoms with van der Waals surface area (Å²) in [5.74, 6) is 0.871. The SMILES string of the molecule is CCNC(=NCCCc1cnn(C)c1)NCCCOCCOC.I. The van der Waals surface area contributed by atoms with Gasteiger partial charge in [0.25, 0.3) is 0 Å². The average molecular weight is 453 g/mol. The second-order valence-corrected chi connectivity index (χ2v) is 5.27. The Hall–Kier alpha value is -0.870. The van der Waals surface area contributed by atoms with Crippen LogP contribution in [-0.2, 0) is 22.9 Å². The first-order valence-corrected chi connectivity index (χ1v) is 8.32. The fourth-order valence-electron chi connectivity index (χ4n) is 2.04. The highest BCUT2D eigenvalue weighted by Crippen LogP contribution is 2.00. The van der Waals surface area contributed by atoms with Gasteiger partial charge in [-0.05, 0) is 31.7 Å².